The van der Waals surface area contributed by atoms with Crippen molar-refractivity contribution < 1.29 is 14.7 Å². The number of hydrogen-bond donors (Lipinski definition) is 1. The molecule has 8 heteroatoms. The first-order valence-corrected chi connectivity index (χ1v) is 10.8. The zero-order chi connectivity index (χ0) is 22.9. The van der Waals surface area contributed by atoms with E-state index in [1.807, 2.05) is 54.6 Å². The number of phenolic OH excluding ortho intramolecular Hbond substituents is 1. The Hall–Kier alpha value is -4.72. The molecule has 6 rings (SSSR count). The summed E-state index contributed by atoms with van der Waals surface area (Å²) in [5.41, 5.74) is 4.35. The molecule has 1 aliphatic heterocycles. The van der Waals surface area contributed by atoms with E-state index in [0.29, 0.717) is 23.1 Å². The van der Waals surface area contributed by atoms with Crippen molar-refractivity contribution in [1.29, 1.82) is 0 Å². The van der Waals surface area contributed by atoms with Crippen LogP contribution in [0.15, 0.2) is 90.3 Å². The van der Waals surface area contributed by atoms with E-state index in [0.717, 1.165) is 22.3 Å². The number of oxime groups is 1. The second kappa shape index (κ2) is 8.32. The van der Waals surface area contributed by atoms with Crippen LogP contribution in [0.3, 0.4) is 0 Å². The number of ether oxygens (including phenoxy) is 1. The van der Waals surface area contributed by atoms with E-state index in [1.165, 1.54) is 0 Å². The number of rotatable bonds is 5. The van der Waals surface area contributed by atoms with E-state index >= 15 is 0 Å². The molecule has 0 spiro atoms. The smallest absolute Gasteiger partial charge is 0.228 e. The lowest BCUT2D eigenvalue weighted by molar-refractivity contribution is 0.126. The predicted octanol–water partition coefficient (Wildman–Crippen LogP) is 4.67. The highest BCUT2D eigenvalue weighted by Crippen LogP contribution is 2.48. The quantitative estimate of drug-likeness (QED) is 0.304. The molecule has 1 atom stereocenters. The third-order valence-corrected chi connectivity index (χ3v) is 5.64. The van der Waals surface area contributed by atoms with Gasteiger partial charge in [-0.15, -0.1) is 5.10 Å². The minimum Gasteiger partial charge on any atom is -0.508 e. The van der Waals surface area contributed by atoms with Crippen LogP contribution in [0.2, 0.25) is 0 Å². The highest BCUT2D eigenvalue weighted by molar-refractivity contribution is 5.78. The van der Waals surface area contributed by atoms with Crippen LogP contribution in [-0.2, 0) is 11.4 Å². The third kappa shape index (κ3) is 3.61. The van der Waals surface area contributed by atoms with E-state index < -0.39 is 0 Å². The molecule has 0 unspecified atom stereocenters. The molecule has 0 radical (unpaired) electrons. The molecule has 0 fully saturated rings. The molecule has 166 valence electrons. The molecular formula is C26H19N5O3. The van der Waals surface area contributed by atoms with E-state index in [2.05, 4.69) is 27.4 Å². The zero-order valence-electron chi connectivity index (χ0n) is 17.9. The first kappa shape index (κ1) is 19.9. The maximum Gasteiger partial charge on any atom is 0.228 e. The second-order valence-electron chi connectivity index (χ2n) is 7.85. The first-order chi connectivity index (χ1) is 16.8. The fraction of sp³-hybridized carbons (Fsp3) is 0.0769. The maximum atomic E-state index is 9.99. The van der Waals surface area contributed by atoms with Crippen molar-refractivity contribution in [2.45, 2.75) is 12.5 Å². The average molecular weight is 449 g/mol. The van der Waals surface area contributed by atoms with Crippen molar-refractivity contribution in [1.82, 2.24) is 19.6 Å². The Balaban J connectivity index is 1.38. The number of nitrogens with zero attached hydrogens (tertiary/aromatic N) is 5. The predicted molar refractivity (Wildman–Crippen MR) is 125 cm³/mol. The summed E-state index contributed by atoms with van der Waals surface area (Å²) in [4.78, 5) is 14.6. The van der Waals surface area contributed by atoms with Gasteiger partial charge in [-0.2, -0.15) is 0 Å². The Bertz CT molecular complexity index is 1500. The molecule has 34 heavy (non-hydrogen) atoms. The molecule has 2 aromatic heterocycles. The molecule has 5 aromatic rings. The van der Waals surface area contributed by atoms with E-state index in [-0.39, 0.29) is 18.3 Å². The van der Waals surface area contributed by atoms with Crippen LogP contribution in [0, 0.1) is 0 Å². The number of phenols is 1. The lowest BCUT2D eigenvalue weighted by Crippen LogP contribution is -2.14. The van der Waals surface area contributed by atoms with Crippen LogP contribution in [-0.4, -0.2) is 30.9 Å². The number of fused-ring (bicyclic) bond motifs is 4. The van der Waals surface area contributed by atoms with Crippen LogP contribution >= 0.6 is 0 Å². The van der Waals surface area contributed by atoms with Crippen LogP contribution in [0.25, 0.3) is 5.65 Å². The summed E-state index contributed by atoms with van der Waals surface area (Å²) in [6.07, 6.45) is 3.21. The fourth-order valence-corrected chi connectivity index (χ4v) is 4.13. The number of hydrogen-bond acceptors (Lipinski definition) is 7. The Kier molecular flexibility index (Phi) is 4.88. The third-order valence-electron chi connectivity index (χ3n) is 5.64. The van der Waals surface area contributed by atoms with E-state index in [4.69, 9.17) is 14.6 Å². The molecule has 8 nitrogen and oxygen atoms in total. The van der Waals surface area contributed by atoms with Gasteiger partial charge in [-0.05, 0) is 17.2 Å². The van der Waals surface area contributed by atoms with Gasteiger partial charge in [-0.25, -0.2) is 14.5 Å². The van der Waals surface area contributed by atoms with Crippen molar-refractivity contribution in [2.75, 3.05) is 0 Å². The van der Waals surface area contributed by atoms with Gasteiger partial charge in [0.25, 0.3) is 0 Å². The van der Waals surface area contributed by atoms with Crippen molar-refractivity contribution >= 4 is 11.9 Å². The highest BCUT2D eigenvalue weighted by Gasteiger charge is 2.33. The summed E-state index contributed by atoms with van der Waals surface area (Å²) in [6.45, 7) is 0.112. The first-order valence-electron chi connectivity index (χ1n) is 10.8. The van der Waals surface area contributed by atoms with Gasteiger partial charge in [0.05, 0.1) is 11.8 Å². The Labute approximate surface area is 194 Å². The van der Waals surface area contributed by atoms with Crippen LogP contribution in [0.4, 0.5) is 0 Å². The minimum atomic E-state index is -0.189. The van der Waals surface area contributed by atoms with Crippen LogP contribution in [0.1, 0.15) is 34.0 Å². The lowest BCUT2D eigenvalue weighted by atomic mass is 9.84. The van der Waals surface area contributed by atoms with Gasteiger partial charge in [0.2, 0.25) is 5.88 Å². The molecule has 0 amide bonds. The molecular weight excluding hydrogens is 430 g/mol. The van der Waals surface area contributed by atoms with Crippen molar-refractivity contribution in [3.05, 3.63) is 113 Å². The van der Waals surface area contributed by atoms with E-state index in [1.54, 1.807) is 29.2 Å². The normalized spacial score (nSPS) is 14.5. The van der Waals surface area contributed by atoms with Crippen molar-refractivity contribution in [3.8, 4) is 17.4 Å². The number of aromatic nitrogens is 4. The minimum absolute atomic E-state index is 0.112. The molecule has 0 aliphatic carbocycles. The summed E-state index contributed by atoms with van der Waals surface area (Å²) in [7, 11) is 0. The standard InChI is InChI=1S/C26H19N5O3/c32-19-11-12-20-21(13-19)34-26-24(23(20)18-9-5-2-6-10-18)25-29-22(30-31(25)16-27-26)15-33-28-14-17-7-3-1-4-8-17/h1-14,16,23,32H,15H2/b28-14-/t23-/m0/s1. The SMILES string of the molecule is Oc1ccc2c(c1)Oc1ncn3nc(CO/N=C\c4ccccc4)nc3c1[C@H]2c1ccccc1. The van der Waals surface area contributed by atoms with Crippen molar-refractivity contribution in [3.63, 3.8) is 0 Å². The Morgan fingerprint density at radius 2 is 1.82 bits per heavy atom. The Morgan fingerprint density at radius 3 is 2.65 bits per heavy atom. The van der Waals surface area contributed by atoms with Gasteiger partial charge >= 0.3 is 0 Å². The van der Waals surface area contributed by atoms with E-state index in [9.17, 15) is 5.11 Å². The summed E-state index contributed by atoms with van der Waals surface area (Å²) in [6, 6.07) is 24.9. The highest BCUT2D eigenvalue weighted by atomic mass is 16.6. The molecule has 1 aliphatic rings. The monoisotopic (exact) mass is 449 g/mol. The van der Waals surface area contributed by atoms with Gasteiger partial charge in [0, 0.05) is 17.5 Å². The molecule has 0 saturated heterocycles. The summed E-state index contributed by atoms with van der Waals surface area (Å²) < 4.78 is 7.70. The molecule has 0 bridgehead atoms. The topological polar surface area (TPSA) is 94.1 Å². The van der Waals surface area contributed by atoms with Crippen LogP contribution < -0.4 is 4.74 Å². The average Bonchev–Trinajstić information content (AvgIpc) is 3.29. The fourth-order valence-electron chi connectivity index (χ4n) is 4.13. The van der Waals surface area contributed by atoms with Gasteiger partial charge < -0.3 is 14.7 Å². The molecule has 3 heterocycles. The Morgan fingerprint density at radius 1 is 1.03 bits per heavy atom. The zero-order valence-corrected chi connectivity index (χ0v) is 17.9. The second-order valence-corrected chi connectivity index (χ2v) is 7.85. The van der Waals surface area contributed by atoms with Crippen LogP contribution in [0.5, 0.6) is 17.4 Å². The number of aromatic hydroxyl groups is 1. The van der Waals surface area contributed by atoms with Gasteiger partial charge in [0.1, 0.15) is 17.8 Å². The van der Waals surface area contributed by atoms with Gasteiger partial charge in [0.15, 0.2) is 18.1 Å². The van der Waals surface area contributed by atoms with Gasteiger partial charge in [-0.1, -0.05) is 71.9 Å². The van der Waals surface area contributed by atoms with Gasteiger partial charge in [-0.3, -0.25) is 0 Å². The summed E-state index contributed by atoms with van der Waals surface area (Å²) >= 11 is 0. The van der Waals surface area contributed by atoms with Crippen molar-refractivity contribution in [2.24, 2.45) is 5.16 Å². The molecule has 1 N–H and O–H groups in total. The lowest BCUT2D eigenvalue weighted by Gasteiger charge is -2.27. The largest absolute Gasteiger partial charge is 0.508 e. The maximum absolute atomic E-state index is 9.99. The summed E-state index contributed by atoms with van der Waals surface area (Å²) in [5, 5.41) is 18.5. The molecule has 0 saturated carbocycles. The molecule has 3 aromatic carbocycles. The summed E-state index contributed by atoms with van der Waals surface area (Å²) in [5.74, 6) is 1.42. The number of benzene rings is 3.